The van der Waals surface area contributed by atoms with E-state index in [0.29, 0.717) is 12.0 Å². The van der Waals surface area contributed by atoms with Gasteiger partial charge in [-0.15, -0.1) is 0 Å². The maximum Gasteiger partial charge on any atom is 0.168 e. The van der Waals surface area contributed by atoms with Gasteiger partial charge in [0.15, 0.2) is 5.78 Å². The van der Waals surface area contributed by atoms with E-state index in [0.717, 1.165) is 35.3 Å². The average molecular weight is 291 g/mol. The number of pyridine rings is 1. The fourth-order valence-corrected chi connectivity index (χ4v) is 2.43. The van der Waals surface area contributed by atoms with Crippen LogP contribution in [0.5, 0.6) is 0 Å². The minimum atomic E-state index is 0.0497. The Morgan fingerprint density at radius 2 is 1.77 bits per heavy atom. The molecule has 0 aliphatic carbocycles. The summed E-state index contributed by atoms with van der Waals surface area (Å²) in [5.41, 5.74) is 4.03. The number of hydrogen-bond acceptors (Lipinski definition) is 4. The van der Waals surface area contributed by atoms with Gasteiger partial charge in [-0.05, 0) is 36.8 Å². The first-order chi connectivity index (χ1) is 10.8. The fraction of sp³-hybridized carbons (Fsp3) is 0.222. The van der Waals surface area contributed by atoms with Crippen LogP contribution in [0, 0.1) is 0 Å². The van der Waals surface area contributed by atoms with Crippen LogP contribution in [0.15, 0.2) is 48.8 Å². The summed E-state index contributed by atoms with van der Waals surface area (Å²) in [6, 6.07) is 11.3. The lowest BCUT2D eigenvalue weighted by atomic mass is 10.0. The lowest BCUT2D eigenvalue weighted by Crippen LogP contribution is -2.06. The highest BCUT2D eigenvalue weighted by molar-refractivity contribution is 5.99. The lowest BCUT2D eigenvalue weighted by Gasteiger charge is -2.04. The topological polar surface area (TPSA) is 55.7 Å². The summed E-state index contributed by atoms with van der Waals surface area (Å²) >= 11 is 0. The molecule has 1 aromatic carbocycles. The Balaban J connectivity index is 1.82. The van der Waals surface area contributed by atoms with E-state index in [-0.39, 0.29) is 5.78 Å². The van der Waals surface area contributed by atoms with Crippen molar-refractivity contribution in [2.45, 2.75) is 26.2 Å². The zero-order chi connectivity index (χ0) is 15.4. The molecule has 0 fully saturated rings. The Morgan fingerprint density at radius 1 is 1.00 bits per heavy atom. The van der Waals surface area contributed by atoms with Gasteiger partial charge in [-0.25, -0.2) is 0 Å². The molecule has 0 bridgehead atoms. The molecular formula is C18H17N3O. The predicted octanol–water partition coefficient (Wildman–Crippen LogP) is 3.40. The Labute approximate surface area is 129 Å². The Hall–Kier alpha value is -2.62. The van der Waals surface area contributed by atoms with Gasteiger partial charge in [0.05, 0.1) is 17.5 Å². The monoisotopic (exact) mass is 291 g/mol. The summed E-state index contributed by atoms with van der Waals surface area (Å²) in [7, 11) is 0. The number of hydrogen-bond donors (Lipinski definition) is 0. The molecule has 3 rings (SSSR count). The number of fused-ring (bicyclic) bond motifs is 1. The van der Waals surface area contributed by atoms with E-state index in [4.69, 9.17) is 0 Å². The van der Waals surface area contributed by atoms with Crippen molar-refractivity contribution >= 4 is 16.8 Å². The highest BCUT2D eigenvalue weighted by atomic mass is 16.1. The van der Waals surface area contributed by atoms with Crippen LogP contribution in [0.4, 0.5) is 0 Å². The molecule has 22 heavy (non-hydrogen) atoms. The first-order valence-corrected chi connectivity index (χ1v) is 7.45. The van der Waals surface area contributed by atoms with Gasteiger partial charge in [-0.1, -0.05) is 19.4 Å². The number of nitrogens with zero attached hydrogens (tertiary/aromatic N) is 3. The van der Waals surface area contributed by atoms with E-state index < -0.39 is 0 Å². The molecule has 110 valence electrons. The van der Waals surface area contributed by atoms with Gasteiger partial charge in [-0.2, -0.15) is 0 Å². The molecule has 0 N–H and O–H groups in total. The number of Topliss-reactive ketones (excluding diaryl/α,β-unsaturated/α-hetero) is 1. The molecule has 3 aromatic rings. The number of aryl methyl sites for hydroxylation is 1. The van der Waals surface area contributed by atoms with Crippen LogP contribution in [0.2, 0.25) is 0 Å². The zero-order valence-corrected chi connectivity index (χ0v) is 12.5. The zero-order valence-electron chi connectivity index (χ0n) is 12.5. The number of aromatic nitrogens is 3. The second-order valence-electron chi connectivity index (χ2n) is 5.23. The van der Waals surface area contributed by atoms with Gasteiger partial charge >= 0.3 is 0 Å². The minimum Gasteiger partial charge on any atom is -0.294 e. The molecule has 2 aromatic heterocycles. The normalized spacial score (nSPS) is 10.8. The van der Waals surface area contributed by atoms with Gasteiger partial charge in [-0.3, -0.25) is 19.7 Å². The van der Waals surface area contributed by atoms with Crippen LogP contribution < -0.4 is 0 Å². The molecule has 0 saturated carbocycles. The molecule has 4 heteroatoms. The SMILES string of the molecule is CCCc1cccc(CC(=O)c2ccc3nccnc3c2)n1. The number of carbonyl (C=O) groups is 1. The molecule has 0 atom stereocenters. The summed E-state index contributed by atoms with van der Waals surface area (Å²) in [6.45, 7) is 2.12. The van der Waals surface area contributed by atoms with Gasteiger partial charge in [0.1, 0.15) is 0 Å². The van der Waals surface area contributed by atoms with Gasteiger partial charge in [0.25, 0.3) is 0 Å². The molecule has 0 amide bonds. The summed E-state index contributed by atoms with van der Waals surface area (Å²) in [5, 5.41) is 0. The summed E-state index contributed by atoms with van der Waals surface area (Å²) in [6.07, 6.45) is 5.57. The smallest absolute Gasteiger partial charge is 0.168 e. The second-order valence-corrected chi connectivity index (χ2v) is 5.23. The maximum absolute atomic E-state index is 12.4. The quantitative estimate of drug-likeness (QED) is 0.676. The van der Waals surface area contributed by atoms with Crippen LogP contribution in [-0.2, 0) is 12.8 Å². The van der Waals surface area contributed by atoms with E-state index in [2.05, 4.69) is 21.9 Å². The molecule has 4 nitrogen and oxygen atoms in total. The molecule has 0 unspecified atom stereocenters. The predicted molar refractivity (Wildman–Crippen MR) is 85.8 cm³/mol. The van der Waals surface area contributed by atoms with E-state index in [1.54, 1.807) is 24.5 Å². The molecule has 0 spiro atoms. The Kier molecular flexibility index (Phi) is 4.19. The maximum atomic E-state index is 12.4. The van der Waals surface area contributed by atoms with Crippen LogP contribution >= 0.6 is 0 Å². The number of carbonyl (C=O) groups excluding carboxylic acids is 1. The molecule has 0 radical (unpaired) electrons. The standard InChI is InChI=1S/C18H17N3O/c1-2-4-14-5-3-6-15(21-14)12-18(22)13-7-8-16-17(11-13)20-10-9-19-16/h3,5-11H,2,4,12H2,1H3. The molecule has 2 heterocycles. The van der Waals surface area contributed by atoms with E-state index >= 15 is 0 Å². The largest absolute Gasteiger partial charge is 0.294 e. The Morgan fingerprint density at radius 3 is 2.59 bits per heavy atom. The summed E-state index contributed by atoms with van der Waals surface area (Å²) in [5.74, 6) is 0.0497. The third kappa shape index (κ3) is 3.17. The van der Waals surface area contributed by atoms with Crippen LogP contribution in [0.1, 0.15) is 35.1 Å². The van der Waals surface area contributed by atoms with Crippen molar-refractivity contribution in [3.8, 4) is 0 Å². The minimum absolute atomic E-state index is 0.0497. The van der Waals surface area contributed by atoms with Gasteiger partial charge in [0, 0.05) is 29.3 Å². The highest BCUT2D eigenvalue weighted by Gasteiger charge is 2.10. The van der Waals surface area contributed by atoms with Crippen molar-refractivity contribution in [1.29, 1.82) is 0 Å². The van der Waals surface area contributed by atoms with E-state index in [1.807, 2.05) is 24.3 Å². The molecule has 0 aliphatic rings. The second kappa shape index (κ2) is 6.43. The van der Waals surface area contributed by atoms with Crippen LogP contribution in [-0.4, -0.2) is 20.7 Å². The third-order valence-electron chi connectivity index (χ3n) is 3.50. The fourth-order valence-electron chi connectivity index (χ4n) is 2.43. The molecule has 0 aliphatic heterocycles. The molecular weight excluding hydrogens is 274 g/mol. The van der Waals surface area contributed by atoms with Crippen molar-refractivity contribution in [2.24, 2.45) is 0 Å². The highest BCUT2D eigenvalue weighted by Crippen LogP contribution is 2.13. The summed E-state index contributed by atoms with van der Waals surface area (Å²) in [4.78, 5) is 25.4. The van der Waals surface area contributed by atoms with E-state index in [1.165, 1.54) is 0 Å². The van der Waals surface area contributed by atoms with E-state index in [9.17, 15) is 4.79 Å². The van der Waals surface area contributed by atoms with Crippen molar-refractivity contribution in [3.05, 3.63) is 65.7 Å². The molecule has 0 saturated heterocycles. The van der Waals surface area contributed by atoms with Crippen molar-refractivity contribution < 1.29 is 4.79 Å². The third-order valence-corrected chi connectivity index (χ3v) is 3.50. The summed E-state index contributed by atoms with van der Waals surface area (Å²) < 4.78 is 0. The first-order valence-electron chi connectivity index (χ1n) is 7.45. The Bertz CT molecular complexity index is 814. The number of ketones is 1. The van der Waals surface area contributed by atoms with Crippen molar-refractivity contribution in [2.75, 3.05) is 0 Å². The number of benzene rings is 1. The van der Waals surface area contributed by atoms with Crippen LogP contribution in [0.25, 0.3) is 11.0 Å². The first kappa shape index (κ1) is 14.3. The van der Waals surface area contributed by atoms with Crippen molar-refractivity contribution in [3.63, 3.8) is 0 Å². The van der Waals surface area contributed by atoms with Gasteiger partial charge < -0.3 is 0 Å². The van der Waals surface area contributed by atoms with Crippen molar-refractivity contribution in [1.82, 2.24) is 15.0 Å². The lowest BCUT2D eigenvalue weighted by molar-refractivity contribution is 0.0992. The number of rotatable bonds is 5. The van der Waals surface area contributed by atoms with Crippen LogP contribution in [0.3, 0.4) is 0 Å². The average Bonchev–Trinajstić information content (AvgIpc) is 2.55. The van der Waals surface area contributed by atoms with Gasteiger partial charge in [0.2, 0.25) is 0 Å².